The molecule has 28 heavy (non-hydrogen) atoms. The number of likely N-dealkylation sites (tertiary alicyclic amines) is 1. The second-order valence-electron chi connectivity index (χ2n) is 6.87. The van der Waals surface area contributed by atoms with Crippen molar-refractivity contribution in [3.05, 3.63) is 39.3 Å². The third-order valence-corrected chi connectivity index (χ3v) is 5.90. The molecule has 1 aliphatic rings. The number of halogens is 1. The lowest BCUT2D eigenvalue weighted by atomic mass is 10.0. The Kier molecular flexibility index (Phi) is 7.36. The highest BCUT2D eigenvalue weighted by Gasteiger charge is 2.19. The molecule has 1 aliphatic heterocycles. The molecule has 1 unspecified atom stereocenters. The second kappa shape index (κ2) is 9.95. The van der Waals surface area contributed by atoms with Gasteiger partial charge in [-0.15, -0.1) is 10.2 Å². The summed E-state index contributed by atoms with van der Waals surface area (Å²) in [6, 6.07) is 7.44. The Balaban J connectivity index is 1.45. The number of aromatic nitrogens is 2. The van der Waals surface area contributed by atoms with Crippen molar-refractivity contribution >= 4 is 40.4 Å². The Labute approximate surface area is 173 Å². The van der Waals surface area contributed by atoms with Crippen LogP contribution in [0.15, 0.2) is 24.3 Å². The standard InChI is InChI=1S/C19H24ClN5O2S/c1-13-6-2-3-10-25(13)11-5-9-21-16(26)18-23-24-19(28-18)17(27)22-15-8-4-7-14(20)12-15/h4,7-8,12-13H,2-3,5-6,9-11H2,1H3,(H,21,26)(H,22,27). The SMILES string of the molecule is CC1CCCCN1CCCNC(=O)c1nnc(C(=O)Nc2cccc(Cl)c2)s1. The van der Waals surface area contributed by atoms with Gasteiger partial charge in [-0.3, -0.25) is 9.59 Å². The van der Waals surface area contributed by atoms with Gasteiger partial charge in [-0.05, 0) is 50.9 Å². The molecule has 0 bridgehead atoms. The van der Waals surface area contributed by atoms with Gasteiger partial charge in [0.2, 0.25) is 10.0 Å². The maximum Gasteiger partial charge on any atom is 0.286 e. The van der Waals surface area contributed by atoms with E-state index in [0.29, 0.717) is 23.3 Å². The van der Waals surface area contributed by atoms with Crippen molar-refractivity contribution in [3.63, 3.8) is 0 Å². The largest absolute Gasteiger partial charge is 0.350 e. The molecule has 1 saturated heterocycles. The summed E-state index contributed by atoms with van der Waals surface area (Å²) >= 11 is 6.87. The number of hydrogen-bond donors (Lipinski definition) is 2. The zero-order valence-electron chi connectivity index (χ0n) is 15.8. The van der Waals surface area contributed by atoms with Crippen molar-refractivity contribution in [2.75, 3.05) is 25.0 Å². The van der Waals surface area contributed by atoms with E-state index >= 15 is 0 Å². The summed E-state index contributed by atoms with van der Waals surface area (Å²) in [6.07, 6.45) is 4.69. The van der Waals surface area contributed by atoms with Gasteiger partial charge in [-0.2, -0.15) is 0 Å². The molecule has 0 spiro atoms. The molecular weight excluding hydrogens is 398 g/mol. The number of piperidine rings is 1. The Morgan fingerprint density at radius 2 is 2.04 bits per heavy atom. The van der Waals surface area contributed by atoms with Crippen LogP contribution in [0.25, 0.3) is 0 Å². The van der Waals surface area contributed by atoms with Crippen LogP contribution in [0, 0.1) is 0 Å². The van der Waals surface area contributed by atoms with Crippen LogP contribution in [0.3, 0.4) is 0 Å². The van der Waals surface area contributed by atoms with Gasteiger partial charge < -0.3 is 15.5 Å². The van der Waals surface area contributed by atoms with Gasteiger partial charge in [0.15, 0.2) is 0 Å². The predicted molar refractivity (Wildman–Crippen MR) is 111 cm³/mol. The average Bonchev–Trinajstić information content (AvgIpc) is 3.17. The second-order valence-corrected chi connectivity index (χ2v) is 8.28. The molecule has 0 aliphatic carbocycles. The van der Waals surface area contributed by atoms with Gasteiger partial charge in [0.25, 0.3) is 11.8 Å². The summed E-state index contributed by atoms with van der Waals surface area (Å²) < 4.78 is 0. The molecule has 2 aromatic rings. The molecule has 3 rings (SSSR count). The van der Waals surface area contributed by atoms with Gasteiger partial charge in [0.05, 0.1) is 0 Å². The number of nitrogens with zero attached hydrogens (tertiary/aromatic N) is 3. The number of carbonyl (C=O) groups is 2. The van der Waals surface area contributed by atoms with E-state index in [9.17, 15) is 9.59 Å². The number of benzene rings is 1. The minimum absolute atomic E-state index is 0.132. The lowest BCUT2D eigenvalue weighted by Gasteiger charge is -2.33. The molecule has 2 amide bonds. The third-order valence-electron chi connectivity index (χ3n) is 4.74. The Morgan fingerprint density at radius 3 is 2.79 bits per heavy atom. The fourth-order valence-corrected chi connectivity index (χ4v) is 4.05. The zero-order chi connectivity index (χ0) is 19.9. The van der Waals surface area contributed by atoms with Crippen molar-refractivity contribution in [1.82, 2.24) is 20.4 Å². The highest BCUT2D eigenvalue weighted by molar-refractivity contribution is 7.15. The van der Waals surface area contributed by atoms with Gasteiger partial charge in [0, 0.05) is 29.8 Å². The van der Waals surface area contributed by atoms with Crippen LogP contribution in [0.1, 0.15) is 52.2 Å². The Bertz CT molecular complexity index is 828. The highest BCUT2D eigenvalue weighted by atomic mass is 35.5. The van der Waals surface area contributed by atoms with Crippen LogP contribution in [0.5, 0.6) is 0 Å². The first kappa shape index (κ1) is 20.7. The maximum absolute atomic E-state index is 12.2. The summed E-state index contributed by atoms with van der Waals surface area (Å²) in [5, 5.41) is 14.0. The minimum Gasteiger partial charge on any atom is -0.350 e. The number of anilines is 1. The monoisotopic (exact) mass is 421 g/mol. The predicted octanol–water partition coefficient (Wildman–Crippen LogP) is 3.44. The van der Waals surface area contributed by atoms with Crippen LogP contribution in [-0.4, -0.2) is 52.6 Å². The number of carbonyl (C=O) groups excluding carboxylic acids is 2. The van der Waals surface area contributed by atoms with Crippen molar-refractivity contribution in [2.45, 2.75) is 38.6 Å². The summed E-state index contributed by atoms with van der Waals surface area (Å²) in [4.78, 5) is 26.9. The number of amides is 2. The summed E-state index contributed by atoms with van der Waals surface area (Å²) in [5.74, 6) is -0.719. The van der Waals surface area contributed by atoms with E-state index in [4.69, 9.17) is 11.6 Å². The van der Waals surface area contributed by atoms with E-state index in [2.05, 4.69) is 32.7 Å². The Hall–Kier alpha value is -2.03. The third kappa shape index (κ3) is 5.73. The summed E-state index contributed by atoms with van der Waals surface area (Å²) in [5.41, 5.74) is 0.561. The minimum atomic E-state index is -0.419. The fourth-order valence-electron chi connectivity index (χ4n) is 3.21. The molecule has 2 heterocycles. The summed E-state index contributed by atoms with van der Waals surface area (Å²) in [6.45, 7) is 4.95. The number of nitrogens with one attached hydrogen (secondary N) is 2. The van der Waals surface area contributed by atoms with Crippen LogP contribution < -0.4 is 10.6 Å². The van der Waals surface area contributed by atoms with E-state index in [0.717, 1.165) is 30.8 Å². The molecule has 0 radical (unpaired) electrons. The van der Waals surface area contributed by atoms with Crippen LogP contribution >= 0.6 is 22.9 Å². The van der Waals surface area contributed by atoms with E-state index in [1.54, 1.807) is 24.3 Å². The van der Waals surface area contributed by atoms with Crippen molar-refractivity contribution in [1.29, 1.82) is 0 Å². The molecule has 1 aromatic heterocycles. The van der Waals surface area contributed by atoms with E-state index < -0.39 is 5.91 Å². The van der Waals surface area contributed by atoms with E-state index in [1.807, 2.05) is 0 Å². The lowest BCUT2D eigenvalue weighted by Crippen LogP contribution is -2.39. The van der Waals surface area contributed by atoms with Crippen molar-refractivity contribution in [2.24, 2.45) is 0 Å². The molecule has 1 fully saturated rings. The van der Waals surface area contributed by atoms with Gasteiger partial charge in [0.1, 0.15) is 0 Å². The van der Waals surface area contributed by atoms with Crippen LogP contribution in [0.2, 0.25) is 5.02 Å². The Morgan fingerprint density at radius 1 is 1.25 bits per heavy atom. The average molecular weight is 422 g/mol. The van der Waals surface area contributed by atoms with E-state index in [1.165, 1.54) is 19.3 Å². The smallest absolute Gasteiger partial charge is 0.286 e. The molecule has 0 saturated carbocycles. The quantitative estimate of drug-likeness (QED) is 0.668. The molecule has 1 atom stereocenters. The van der Waals surface area contributed by atoms with Gasteiger partial charge >= 0.3 is 0 Å². The highest BCUT2D eigenvalue weighted by Crippen LogP contribution is 2.18. The molecule has 150 valence electrons. The number of rotatable bonds is 7. The van der Waals surface area contributed by atoms with Gasteiger partial charge in [-0.1, -0.05) is 35.4 Å². The fraction of sp³-hybridized carbons (Fsp3) is 0.474. The van der Waals surface area contributed by atoms with Gasteiger partial charge in [-0.25, -0.2) is 0 Å². The molecule has 2 N–H and O–H groups in total. The van der Waals surface area contributed by atoms with E-state index in [-0.39, 0.29) is 15.9 Å². The van der Waals surface area contributed by atoms with Crippen molar-refractivity contribution in [3.8, 4) is 0 Å². The first-order chi connectivity index (χ1) is 13.5. The van der Waals surface area contributed by atoms with Crippen molar-refractivity contribution < 1.29 is 9.59 Å². The van der Waals surface area contributed by atoms with Crippen LogP contribution in [-0.2, 0) is 0 Å². The number of hydrogen-bond acceptors (Lipinski definition) is 6. The molecular formula is C19H24ClN5O2S. The lowest BCUT2D eigenvalue weighted by molar-refractivity contribution is 0.0946. The maximum atomic E-state index is 12.2. The molecule has 1 aromatic carbocycles. The summed E-state index contributed by atoms with van der Waals surface area (Å²) in [7, 11) is 0. The zero-order valence-corrected chi connectivity index (χ0v) is 17.4. The first-order valence-electron chi connectivity index (χ1n) is 9.45. The molecule has 7 nitrogen and oxygen atoms in total. The normalized spacial score (nSPS) is 17.3. The topological polar surface area (TPSA) is 87.2 Å². The van der Waals surface area contributed by atoms with Crippen LogP contribution in [0.4, 0.5) is 5.69 Å². The first-order valence-corrected chi connectivity index (χ1v) is 10.6. The molecule has 9 heteroatoms.